The maximum absolute atomic E-state index is 14.2. The van der Waals surface area contributed by atoms with Crippen molar-refractivity contribution in [1.29, 1.82) is 0 Å². The average molecular weight is 758 g/mol. The van der Waals surface area contributed by atoms with Crippen LogP contribution < -0.4 is 21.7 Å². The van der Waals surface area contributed by atoms with E-state index in [1.807, 2.05) is 58.0 Å². The molecule has 1 saturated heterocycles. The van der Waals surface area contributed by atoms with E-state index >= 15 is 0 Å². The van der Waals surface area contributed by atoms with Gasteiger partial charge < -0.3 is 41.0 Å². The largest absolute Gasteiger partial charge is 0.379 e. The summed E-state index contributed by atoms with van der Waals surface area (Å²) in [7, 11) is 6.25. The van der Waals surface area contributed by atoms with E-state index in [1.165, 1.54) is 19.1 Å². The third kappa shape index (κ3) is 12.1. The van der Waals surface area contributed by atoms with E-state index < -0.39 is 78.0 Å². The maximum atomic E-state index is 14.2. The van der Waals surface area contributed by atoms with Gasteiger partial charge in [0.1, 0.15) is 12.1 Å². The Hall–Kier alpha value is -4.24. The minimum absolute atomic E-state index is 0.0738. The maximum Gasteiger partial charge on any atom is 0.245 e. The van der Waals surface area contributed by atoms with Gasteiger partial charge in [0.15, 0.2) is 0 Å². The van der Waals surface area contributed by atoms with Gasteiger partial charge in [0.05, 0.1) is 48.7 Å². The Kier molecular flexibility index (Phi) is 18.9. The molecule has 10 atom stereocenters. The molecular formula is C38H63N9O7. The number of azide groups is 1. The van der Waals surface area contributed by atoms with Crippen LogP contribution in [0, 0.1) is 17.8 Å². The van der Waals surface area contributed by atoms with Crippen LogP contribution in [0.3, 0.4) is 0 Å². The molecule has 1 aliphatic heterocycles. The molecule has 5 unspecified atom stereocenters. The molecule has 16 nitrogen and oxygen atoms in total. The van der Waals surface area contributed by atoms with Gasteiger partial charge in [-0.3, -0.25) is 24.0 Å². The number of hydrogen-bond donors (Lipinski definition) is 4. The number of carbonyl (C=O) groups excluding carboxylic acids is 5. The number of ether oxygens (including phenoxy) is 2. The molecule has 5 N–H and O–H groups in total. The highest BCUT2D eigenvalue weighted by molar-refractivity contribution is 5.91. The molecule has 16 heteroatoms. The Balaban J connectivity index is 2.31. The van der Waals surface area contributed by atoms with E-state index in [0.29, 0.717) is 25.8 Å². The van der Waals surface area contributed by atoms with E-state index in [2.05, 4.69) is 26.0 Å². The van der Waals surface area contributed by atoms with Crippen molar-refractivity contribution in [2.24, 2.45) is 28.6 Å². The van der Waals surface area contributed by atoms with Crippen molar-refractivity contribution in [1.82, 2.24) is 25.8 Å². The highest BCUT2D eigenvalue weighted by Gasteiger charge is 2.43. The number of nitrogens with zero attached hydrogens (tertiary/aromatic N) is 5. The summed E-state index contributed by atoms with van der Waals surface area (Å²) in [5, 5.41) is 12.3. The summed E-state index contributed by atoms with van der Waals surface area (Å²) in [6.07, 6.45) is 0.667. The first-order chi connectivity index (χ1) is 25.6. The lowest BCUT2D eigenvalue weighted by Crippen LogP contribution is -2.60. The van der Waals surface area contributed by atoms with E-state index in [9.17, 15) is 29.5 Å². The van der Waals surface area contributed by atoms with Crippen molar-refractivity contribution in [2.75, 3.05) is 34.9 Å². The molecule has 1 heterocycles. The number of benzene rings is 1. The van der Waals surface area contributed by atoms with Gasteiger partial charge in [0, 0.05) is 39.1 Å². The van der Waals surface area contributed by atoms with Gasteiger partial charge in [-0.2, -0.15) is 0 Å². The van der Waals surface area contributed by atoms with Crippen LogP contribution in [0.15, 0.2) is 35.4 Å². The zero-order chi connectivity index (χ0) is 40.7. The molecule has 1 aromatic carbocycles. The van der Waals surface area contributed by atoms with Crippen LogP contribution in [0.1, 0.15) is 72.8 Å². The Labute approximate surface area is 320 Å². The number of nitrogens with two attached hydrogens (primary N) is 1. The molecule has 5 amide bonds. The first-order valence-electron chi connectivity index (χ1n) is 18.8. The Morgan fingerprint density at radius 3 is 2.19 bits per heavy atom. The normalized spacial score (nSPS) is 19.2. The number of primary amides is 1. The number of rotatable bonds is 22. The second kappa shape index (κ2) is 22.2. The van der Waals surface area contributed by atoms with Gasteiger partial charge in [0.2, 0.25) is 29.5 Å². The fourth-order valence-electron chi connectivity index (χ4n) is 7.45. The number of likely N-dealkylation sites (tertiary alicyclic amines) is 1. The second-order valence-electron chi connectivity index (χ2n) is 14.7. The summed E-state index contributed by atoms with van der Waals surface area (Å²) in [6.45, 7) is 11.4. The van der Waals surface area contributed by atoms with E-state index in [1.54, 1.807) is 32.8 Å². The first-order valence-corrected chi connectivity index (χ1v) is 18.8. The quantitative estimate of drug-likeness (QED) is 0.0780. The standard InChI is InChI=1S/C38H63N9O7/c1-11-23(4)33(46(8)38(52)32(25(6)44-45-40)43-37(51)31(41-7)22(2)3)29(53-9)21-30(48)47-19-15-18-28(47)34(54-10)24(5)36(50)42-27(35(39)49)20-26-16-13-12-14-17-26/h12-14,16-17,22-25,27-29,31-34,41H,11,15,18-21H2,1-10H3,(H2,39,49)(H,42,50)(H,43,51)/t23-,24+,25?,27?,28?,29+,31?,32?,33-,34+/m0/s1. The predicted molar refractivity (Wildman–Crippen MR) is 206 cm³/mol. The van der Waals surface area contributed by atoms with Crippen LogP contribution in [0.5, 0.6) is 0 Å². The number of nitrogens with one attached hydrogen (secondary N) is 3. The van der Waals surface area contributed by atoms with E-state index in [4.69, 9.17) is 15.2 Å². The second-order valence-corrected chi connectivity index (χ2v) is 14.7. The molecular weight excluding hydrogens is 694 g/mol. The van der Waals surface area contributed by atoms with Crippen molar-refractivity contribution >= 4 is 29.5 Å². The SMILES string of the molecule is CC[C@H](C)[C@@H]([C@@H](CC(=O)N1CCCC1[C@H](OC)[C@@H](C)C(=O)NC(Cc1ccccc1)C(N)=O)OC)N(C)C(=O)C(NC(=O)C(NC)C(C)C)C(C)N=[N+]=[N-]. The smallest absolute Gasteiger partial charge is 0.245 e. The number of methoxy groups -OCH3 is 2. The van der Waals surface area contributed by atoms with E-state index in [-0.39, 0.29) is 30.6 Å². The molecule has 0 spiro atoms. The Morgan fingerprint density at radius 2 is 1.67 bits per heavy atom. The summed E-state index contributed by atoms with van der Waals surface area (Å²) in [6, 6.07) is 4.62. The molecule has 302 valence electrons. The Bertz CT molecular complexity index is 1440. The zero-order valence-electron chi connectivity index (χ0n) is 33.7. The number of amides is 5. The average Bonchev–Trinajstić information content (AvgIpc) is 3.63. The fourth-order valence-corrected chi connectivity index (χ4v) is 7.45. The van der Waals surface area contributed by atoms with Crippen LogP contribution in [0.25, 0.3) is 10.4 Å². The number of carbonyl (C=O) groups is 5. The molecule has 54 heavy (non-hydrogen) atoms. The van der Waals surface area contributed by atoms with Gasteiger partial charge in [-0.15, -0.1) is 0 Å². The van der Waals surface area contributed by atoms with Gasteiger partial charge in [-0.25, -0.2) is 0 Å². The molecule has 1 aliphatic rings. The molecule has 0 aliphatic carbocycles. The Morgan fingerprint density at radius 1 is 1.02 bits per heavy atom. The lowest BCUT2D eigenvalue weighted by molar-refractivity contribution is -0.147. The zero-order valence-corrected chi connectivity index (χ0v) is 33.7. The van der Waals surface area contributed by atoms with Crippen molar-refractivity contribution in [3.63, 3.8) is 0 Å². The minimum Gasteiger partial charge on any atom is -0.379 e. The molecule has 0 radical (unpaired) electrons. The molecule has 2 rings (SSSR count). The lowest BCUT2D eigenvalue weighted by atomic mass is 9.89. The number of hydrogen-bond acceptors (Lipinski definition) is 9. The van der Waals surface area contributed by atoms with Gasteiger partial charge >= 0.3 is 0 Å². The number of likely N-dealkylation sites (N-methyl/N-ethyl adjacent to an activating group) is 2. The summed E-state index contributed by atoms with van der Waals surface area (Å²) in [5.74, 6) is -3.14. The highest BCUT2D eigenvalue weighted by Crippen LogP contribution is 2.29. The molecule has 1 aromatic rings. The highest BCUT2D eigenvalue weighted by atomic mass is 16.5. The summed E-state index contributed by atoms with van der Waals surface area (Å²) in [4.78, 5) is 73.5. The lowest BCUT2D eigenvalue weighted by Gasteiger charge is -2.41. The van der Waals surface area contributed by atoms with Crippen LogP contribution in [-0.4, -0.2) is 123 Å². The van der Waals surface area contributed by atoms with Gasteiger partial charge in [-0.05, 0) is 42.8 Å². The molecule has 0 saturated carbocycles. The van der Waals surface area contributed by atoms with Crippen molar-refractivity contribution in [3.05, 3.63) is 46.3 Å². The summed E-state index contributed by atoms with van der Waals surface area (Å²) >= 11 is 0. The van der Waals surface area contributed by atoms with Gasteiger partial charge in [0.25, 0.3) is 0 Å². The van der Waals surface area contributed by atoms with Gasteiger partial charge in [-0.1, -0.05) is 83.4 Å². The minimum atomic E-state index is -1.17. The predicted octanol–water partition coefficient (Wildman–Crippen LogP) is 2.55. The van der Waals surface area contributed by atoms with Crippen LogP contribution in [0.4, 0.5) is 0 Å². The van der Waals surface area contributed by atoms with Crippen molar-refractivity contribution < 1.29 is 33.4 Å². The fraction of sp³-hybridized carbons (Fsp3) is 0.711. The molecule has 0 aromatic heterocycles. The molecule has 0 bridgehead atoms. The van der Waals surface area contributed by atoms with Crippen LogP contribution in [0.2, 0.25) is 0 Å². The molecule has 1 fully saturated rings. The van der Waals surface area contributed by atoms with Crippen LogP contribution >= 0.6 is 0 Å². The topological polar surface area (TPSA) is 221 Å². The monoisotopic (exact) mass is 757 g/mol. The third-order valence-electron chi connectivity index (χ3n) is 10.7. The first kappa shape index (κ1) is 45.9. The van der Waals surface area contributed by atoms with Crippen molar-refractivity contribution in [3.8, 4) is 0 Å². The van der Waals surface area contributed by atoms with E-state index in [0.717, 1.165) is 5.56 Å². The summed E-state index contributed by atoms with van der Waals surface area (Å²) < 4.78 is 11.8. The summed E-state index contributed by atoms with van der Waals surface area (Å²) in [5.41, 5.74) is 15.7. The van der Waals surface area contributed by atoms with Crippen molar-refractivity contribution in [2.45, 2.75) is 122 Å². The van der Waals surface area contributed by atoms with Crippen LogP contribution in [-0.2, 0) is 39.9 Å². The third-order valence-corrected chi connectivity index (χ3v) is 10.7.